The van der Waals surface area contributed by atoms with Crippen molar-refractivity contribution in [3.63, 3.8) is 0 Å². The Kier molecular flexibility index (Phi) is 4.65. The van der Waals surface area contributed by atoms with E-state index in [4.69, 9.17) is 0 Å². The maximum atomic E-state index is 10.8. The maximum absolute atomic E-state index is 10.8. The maximum Gasteiger partial charge on any atom is 0.135 e. The van der Waals surface area contributed by atoms with E-state index in [1.165, 1.54) is 0 Å². The third-order valence-electron chi connectivity index (χ3n) is 1.80. The summed E-state index contributed by atoms with van der Waals surface area (Å²) in [6.45, 7) is 2.99. The molecule has 1 rings (SSSR count). The first-order chi connectivity index (χ1) is 4.33. The van der Waals surface area contributed by atoms with E-state index in [1.807, 2.05) is 0 Å². The van der Waals surface area contributed by atoms with E-state index in [1.54, 1.807) is 0 Å². The fourth-order valence-corrected chi connectivity index (χ4v) is 1.15. The summed E-state index contributed by atoms with van der Waals surface area (Å²) in [7, 11) is 0. The number of ketones is 1. The second kappa shape index (κ2) is 4.69. The van der Waals surface area contributed by atoms with Crippen LogP contribution in [0, 0.1) is 0 Å². The monoisotopic (exact) mass is 163 g/mol. The van der Waals surface area contributed by atoms with Crippen molar-refractivity contribution in [3.8, 4) is 0 Å². The van der Waals surface area contributed by atoms with Crippen LogP contribution in [-0.2, 0) is 4.79 Å². The van der Waals surface area contributed by atoms with Crippen molar-refractivity contribution >= 4 is 18.2 Å². The minimum atomic E-state index is 0. The number of hydrogen-bond acceptors (Lipinski definition) is 2. The lowest BCUT2D eigenvalue weighted by Crippen LogP contribution is -2.37. The van der Waals surface area contributed by atoms with Crippen molar-refractivity contribution in [2.75, 3.05) is 6.54 Å². The van der Waals surface area contributed by atoms with Gasteiger partial charge in [-0.3, -0.25) is 4.79 Å². The fraction of sp³-hybridized carbons (Fsp3) is 0.857. The summed E-state index contributed by atoms with van der Waals surface area (Å²) in [5.74, 6) is 0.417. The molecular formula is C7H14ClNO. The van der Waals surface area contributed by atoms with E-state index in [0.717, 1.165) is 25.8 Å². The Hall–Kier alpha value is -0.0800. The average Bonchev–Trinajstić information content (AvgIpc) is 1.88. The lowest BCUT2D eigenvalue weighted by Gasteiger charge is -2.20. The smallest absolute Gasteiger partial charge is 0.135 e. The molecule has 0 spiro atoms. The third-order valence-corrected chi connectivity index (χ3v) is 1.80. The molecular weight excluding hydrogens is 150 g/mol. The van der Waals surface area contributed by atoms with Crippen molar-refractivity contribution in [1.29, 1.82) is 0 Å². The van der Waals surface area contributed by atoms with Crippen LogP contribution in [0.1, 0.15) is 26.2 Å². The molecule has 1 saturated heterocycles. The van der Waals surface area contributed by atoms with Crippen molar-refractivity contribution in [2.24, 2.45) is 0 Å². The number of halogens is 1. The molecule has 0 aromatic carbocycles. The number of carbonyl (C=O) groups is 1. The van der Waals surface area contributed by atoms with Gasteiger partial charge in [-0.2, -0.15) is 0 Å². The minimum Gasteiger partial charge on any atom is -0.313 e. The summed E-state index contributed by atoms with van der Waals surface area (Å²) < 4.78 is 0. The van der Waals surface area contributed by atoms with E-state index in [9.17, 15) is 4.79 Å². The quantitative estimate of drug-likeness (QED) is 0.628. The number of rotatable bonds is 1. The lowest BCUT2D eigenvalue weighted by atomic mass is 10.0. The molecule has 1 heterocycles. The lowest BCUT2D eigenvalue weighted by molar-refractivity contribution is -0.120. The first-order valence-corrected chi connectivity index (χ1v) is 3.58. The molecule has 0 bridgehead atoms. The molecule has 1 N–H and O–H groups in total. The molecule has 1 unspecified atom stereocenters. The molecule has 0 aromatic rings. The van der Waals surface area contributed by atoms with Gasteiger partial charge in [0.2, 0.25) is 0 Å². The molecule has 3 heteroatoms. The molecule has 0 amide bonds. The number of carbonyl (C=O) groups excluding carboxylic acids is 1. The number of piperidine rings is 1. The minimum absolute atomic E-state index is 0. The van der Waals surface area contributed by atoms with Crippen LogP contribution < -0.4 is 5.32 Å². The van der Waals surface area contributed by atoms with E-state index in [-0.39, 0.29) is 12.4 Å². The number of hydrogen-bond donors (Lipinski definition) is 1. The molecule has 0 aliphatic carbocycles. The van der Waals surface area contributed by atoms with Gasteiger partial charge in [0, 0.05) is 25.4 Å². The molecule has 0 radical (unpaired) electrons. The van der Waals surface area contributed by atoms with Gasteiger partial charge in [0.05, 0.1) is 0 Å². The molecule has 1 aliphatic heterocycles. The zero-order valence-corrected chi connectivity index (χ0v) is 7.04. The van der Waals surface area contributed by atoms with Crippen LogP contribution >= 0.6 is 12.4 Å². The zero-order valence-electron chi connectivity index (χ0n) is 6.22. The van der Waals surface area contributed by atoms with Gasteiger partial charge in [0.1, 0.15) is 5.78 Å². The summed E-state index contributed by atoms with van der Waals surface area (Å²) in [6, 6.07) is 0.464. The SMILES string of the molecule is CCC1CC(=O)CCN1.Cl. The van der Waals surface area contributed by atoms with E-state index < -0.39 is 0 Å². The first kappa shape index (κ1) is 9.92. The van der Waals surface area contributed by atoms with Crippen LogP contribution in [-0.4, -0.2) is 18.4 Å². The molecule has 1 aliphatic rings. The summed E-state index contributed by atoms with van der Waals surface area (Å²) in [6.07, 6.45) is 2.55. The Morgan fingerprint density at radius 3 is 2.80 bits per heavy atom. The molecule has 60 valence electrons. The second-order valence-corrected chi connectivity index (χ2v) is 2.55. The Morgan fingerprint density at radius 2 is 2.40 bits per heavy atom. The Morgan fingerprint density at radius 1 is 1.70 bits per heavy atom. The predicted octanol–water partition coefficient (Wildman–Crippen LogP) is 1.14. The number of nitrogens with one attached hydrogen (secondary N) is 1. The highest BCUT2D eigenvalue weighted by Crippen LogP contribution is 2.05. The third kappa shape index (κ3) is 2.67. The van der Waals surface area contributed by atoms with Crippen LogP contribution in [0.3, 0.4) is 0 Å². The van der Waals surface area contributed by atoms with Gasteiger partial charge in [-0.15, -0.1) is 12.4 Å². The molecule has 0 aromatic heterocycles. The highest BCUT2D eigenvalue weighted by atomic mass is 35.5. The van der Waals surface area contributed by atoms with E-state index in [2.05, 4.69) is 12.2 Å². The van der Waals surface area contributed by atoms with Crippen molar-refractivity contribution in [1.82, 2.24) is 5.32 Å². The second-order valence-electron chi connectivity index (χ2n) is 2.55. The average molecular weight is 164 g/mol. The Labute approximate surface area is 67.8 Å². The first-order valence-electron chi connectivity index (χ1n) is 3.58. The highest BCUT2D eigenvalue weighted by Gasteiger charge is 2.15. The topological polar surface area (TPSA) is 29.1 Å². The van der Waals surface area contributed by atoms with Gasteiger partial charge in [-0.05, 0) is 6.42 Å². The molecule has 10 heavy (non-hydrogen) atoms. The van der Waals surface area contributed by atoms with Crippen LogP contribution in [0.25, 0.3) is 0 Å². The zero-order chi connectivity index (χ0) is 6.69. The van der Waals surface area contributed by atoms with Crippen LogP contribution in [0.4, 0.5) is 0 Å². The van der Waals surface area contributed by atoms with Crippen LogP contribution in [0.5, 0.6) is 0 Å². The van der Waals surface area contributed by atoms with E-state index in [0.29, 0.717) is 11.8 Å². The normalized spacial score (nSPS) is 25.7. The highest BCUT2D eigenvalue weighted by molar-refractivity contribution is 5.85. The standard InChI is InChI=1S/C7H13NO.ClH/c1-2-6-5-7(9)3-4-8-6;/h6,8H,2-5H2,1H3;1H. The molecule has 2 nitrogen and oxygen atoms in total. The van der Waals surface area contributed by atoms with Crippen molar-refractivity contribution in [3.05, 3.63) is 0 Å². The van der Waals surface area contributed by atoms with Gasteiger partial charge in [-0.1, -0.05) is 6.92 Å². The van der Waals surface area contributed by atoms with Crippen LogP contribution in [0.15, 0.2) is 0 Å². The van der Waals surface area contributed by atoms with Crippen molar-refractivity contribution < 1.29 is 4.79 Å². The fourth-order valence-electron chi connectivity index (χ4n) is 1.15. The number of Topliss-reactive ketones (excluding diaryl/α,β-unsaturated/α-hetero) is 1. The van der Waals surface area contributed by atoms with Gasteiger partial charge >= 0.3 is 0 Å². The van der Waals surface area contributed by atoms with Gasteiger partial charge in [0.15, 0.2) is 0 Å². The molecule has 1 fully saturated rings. The summed E-state index contributed by atoms with van der Waals surface area (Å²) in [5, 5.41) is 3.28. The van der Waals surface area contributed by atoms with Crippen LogP contribution in [0.2, 0.25) is 0 Å². The van der Waals surface area contributed by atoms with Gasteiger partial charge in [0.25, 0.3) is 0 Å². The van der Waals surface area contributed by atoms with Gasteiger partial charge in [-0.25, -0.2) is 0 Å². The Balaban J connectivity index is 0.000000810. The summed E-state index contributed by atoms with van der Waals surface area (Å²) in [4.78, 5) is 10.8. The summed E-state index contributed by atoms with van der Waals surface area (Å²) >= 11 is 0. The molecule has 1 atom stereocenters. The van der Waals surface area contributed by atoms with Crippen molar-refractivity contribution in [2.45, 2.75) is 32.2 Å². The largest absolute Gasteiger partial charge is 0.313 e. The predicted molar refractivity (Wildman–Crippen MR) is 43.6 cm³/mol. The Bertz CT molecular complexity index is 116. The van der Waals surface area contributed by atoms with E-state index >= 15 is 0 Å². The molecule has 0 saturated carbocycles. The van der Waals surface area contributed by atoms with Gasteiger partial charge < -0.3 is 5.32 Å². The summed E-state index contributed by atoms with van der Waals surface area (Å²) in [5.41, 5.74) is 0.